The first kappa shape index (κ1) is 18.6. The van der Waals surface area contributed by atoms with E-state index in [0.29, 0.717) is 10.7 Å². The number of anilines is 1. The van der Waals surface area contributed by atoms with Crippen LogP contribution in [-0.4, -0.2) is 12.5 Å². The molecule has 3 aromatic rings. The summed E-state index contributed by atoms with van der Waals surface area (Å²) in [6.07, 6.45) is 0. The molecule has 26 heavy (non-hydrogen) atoms. The van der Waals surface area contributed by atoms with Crippen LogP contribution in [0.2, 0.25) is 5.02 Å². The third-order valence-electron chi connectivity index (χ3n) is 3.97. The van der Waals surface area contributed by atoms with Gasteiger partial charge in [0.2, 0.25) is 5.91 Å². The SMILES string of the molecule is Cc1ccc(Cl)cc1NC(=O)CNC(c1ccc(F)cc1)c1cccs1. The van der Waals surface area contributed by atoms with Crippen LogP contribution in [0.25, 0.3) is 0 Å². The Bertz CT molecular complexity index is 881. The number of hydrogen-bond donors (Lipinski definition) is 2. The van der Waals surface area contributed by atoms with Crippen LogP contribution in [0.1, 0.15) is 22.0 Å². The molecule has 1 aromatic heterocycles. The van der Waals surface area contributed by atoms with Crippen molar-refractivity contribution in [1.82, 2.24) is 5.32 Å². The highest BCUT2D eigenvalue weighted by Crippen LogP contribution is 2.26. The molecule has 3 rings (SSSR count). The van der Waals surface area contributed by atoms with Gasteiger partial charge in [0, 0.05) is 15.6 Å². The van der Waals surface area contributed by atoms with E-state index in [0.717, 1.165) is 16.0 Å². The topological polar surface area (TPSA) is 41.1 Å². The van der Waals surface area contributed by atoms with Gasteiger partial charge in [-0.1, -0.05) is 35.9 Å². The molecule has 3 nitrogen and oxygen atoms in total. The molecular weight excluding hydrogens is 371 g/mol. The standard InChI is InChI=1S/C20H18ClFN2OS/c1-13-4-7-15(21)11-17(13)24-19(25)12-23-20(18-3-2-10-26-18)14-5-8-16(22)9-6-14/h2-11,20,23H,12H2,1H3,(H,24,25). The summed E-state index contributed by atoms with van der Waals surface area (Å²) in [5.41, 5.74) is 2.54. The monoisotopic (exact) mass is 388 g/mol. The number of carbonyl (C=O) groups excluding carboxylic acids is 1. The number of hydrogen-bond acceptors (Lipinski definition) is 3. The summed E-state index contributed by atoms with van der Waals surface area (Å²) in [6, 6.07) is 15.4. The number of carbonyl (C=O) groups is 1. The van der Waals surface area contributed by atoms with Gasteiger partial charge in [-0.2, -0.15) is 0 Å². The number of benzene rings is 2. The predicted molar refractivity (Wildman–Crippen MR) is 105 cm³/mol. The quantitative estimate of drug-likeness (QED) is 0.611. The molecule has 2 N–H and O–H groups in total. The van der Waals surface area contributed by atoms with Crippen LogP contribution in [0.15, 0.2) is 60.0 Å². The molecule has 1 amide bonds. The average Bonchev–Trinajstić information content (AvgIpc) is 3.14. The number of thiophene rings is 1. The maximum atomic E-state index is 13.2. The van der Waals surface area contributed by atoms with Gasteiger partial charge in [0.1, 0.15) is 5.82 Å². The molecule has 6 heteroatoms. The first-order valence-corrected chi connectivity index (χ1v) is 9.37. The van der Waals surface area contributed by atoms with Crippen LogP contribution >= 0.6 is 22.9 Å². The number of aryl methyl sites for hydroxylation is 1. The van der Waals surface area contributed by atoms with Crippen LogP contribution in [-0.2, 0) is 4.79 Å². The lowest BCUT2D eigenvalue weighted by atomic mass is 10.1. The van der Waals surface area contributed by atoms with Crippen molar-refractivity contribution >= 4 is 34.5 Å². The first-order valence-electron chi connectivity index (χ1n) is 8.11. The summed E-state index contributed by atoms with van der Waals surface area (Å²) < 4.78 is 13.2. The van der Waals surface area contributed by atoms with Crippen molar-refractivity contribution in [3.63, 3.8) is 0 Å². The molecule has 134 valence electrons. The molecule has 0 spiro atoms. The van der Waals surface area contributed by atoms with Crippen LogP contribution < -0.4 is 10.6 Å². The zero-order valence-electron chi connectivity index (χ0n) is 14.1. The van der Waals surface area contributed by atoms with Gasteiger partial charge >= 0.3 is 0 Å². The summed E-state index contributed by atoms with van der Waals surface area (Å²) in [4.78, 5) is 13.4. The Kier molecular flexibility index (Phi) is 6.04. The molecule has 0 saturated heterocycles. The Morgan fingerprint density at radius 1 is 1.19 bits per heavy atom. The Hall–Kier alpha value is -2.21. The molecule has 1 heterocycles. The Morgan fingerprint density at radius 2 is 1.96 bits per heavy atom. The molecule has 0 bridgehead atoms. The van der Waals surface area contributed by atoms with Crippen molar-refractivity contribution in [3.8, 4) is 0 Å². The fourth-order valence-electron chi connectivity index (χ4n) is 2.61. The van der Waals surface area contributed by atoms with Gasteiger partial charge < -0.3 is 5.32 Å². The molecule has 0 aliphatic heterocycles. The van der Waals surface area contributed by atoms with Gasteiger partial charge in [0.15, 0.2) is 0 Å². The minimum atomic E-state index is -0.284. The number of amides is 1. The molecular formula is C20H18ClFN2OS. The van der Waals surface area contributed by atoms with Crippen molar-refractivity contribution in [2.75, 3.05) is 11.9 Å². The third-order valence-corrected chi connectivity index (χ3v) is 5.14. The van der Waals surface area contributed by atoms with Crippen molar-refractivity contribution in [2.24, 2.45) is 0 Å². The maximum absolute atomic E-state index is 13.2. The lowest BCUT2D eigenvalue weighted by Crippen LogP contribution is -2.31. The van der Waals surface area contributed by atoms with Crippen molar-refractivity contribution in [2.45, 2.75) is 13.0 Å². The summed E-state index contributed by atoms with van der Waals surface area (Å²) in [5.74, 6) is -0.452. The normalized spacial score (nSPS) is 12.0. The van der Waals surface area contributed by atoms with Crippen molar-refractivity contribution in [1.29, 1.82) is 0 Å². The van der Waals surface area contributed by atoms with Gasteiger partial charge in [-0.15, -0.1) is 11.3 Å². The van der Waals surface area contributed by atoms with Crippen molar-refractivity contribution in [3.05, 3.63) is 86.8 Å². The van der Waals surface area contributed by atoms with Gasteiger partial charge in [-0.05, 0) is 53.8 Å². The van der Waals surface area contributed by atoms with E-state index in [1.807, 2.05) is 30.5 Å². The van der Waals surface area contributed by atoms with E-state index >= 15 is 0 Å². The minimum Gasteiger partial charge on any atom is -0.325 e. The van der Waals surface area contributed by atoms with Gasteiger partial charge in [-0.3, -0.25) is 10.1 Å². The van der Waals surface area contributed by atoms with E-state index in [1.165, 1.54) is 12.1 Å². The fourth-order valence-corrected chi connectivity index (χ4v) is 3.61. The molecule has 0 radical (unpaired) electrons. The van der Waals surface area contributed by atoms with Crippen LogP contribution in [0.5, 0.6) is 0 Å². The first-order chi connectivity index (χ1) is 12.5. The van der Waals surface area contributed by atoms with Gasteiger partial charge in [0.25, 0.3) is 0 Å². The molecule has 0 fully saturated rings. The van der Waals surface area contributed by atoms with E-state index in [2.05, 4.69) is 10.6 Å². The smallest absolute Gasteiger partial charge is 0.238 e. The van der Waals surface area contributed by atoms with Crippen molar-refractivity contribution < 1.29 is 9.18 Å². The molecule has 0 saturated carbocycles. The summed E-state index contributed by atoms with van der Waals surface area (Å²) in [6.45, 7) is 2.03. The summed E-state index contributed by atoms with van der Waals surface area (Å²) in [5, 5.41) is 8.67. The largest absolute Gasteiger partial charge is 0.325 e. The molecule has 2 aromatic carbocycles. The van der Waals surface area contributed by atoms with Crippen LogP contribution in [0.3, 0.4) is 0 Å². The van der Waals surface area contributed by atoms with Crippen LogP contribution in [0.4, 0.5) is 10.1 Å². The number of halogens is 2. The van der Waals surface area contributed by atoms with E-state index in [-0.39, 0.29) is 24.3 Å². The Labute approximate surface area is 160 Å². The van der Waals surface area contributed by atoms with Gasteiger partial charge in [-0.25, -0.2) is 4.39 Å². The Morgan fingerprint density at radius 3 is 2.65 bits per heavy atom. The average molecular weight is 389 g/mol. The van der Waals surface area contributed by atoms with Crippen LogP contribution in [0, 0.1) is 12.7 Å². The number of rotatable bonds is 6. The molecule has 1 unspecified atom stereocenters. The Balaban J connectivity index is 1.70. The highest BCUT2D eigenvalue weighted by atomic mass is 35.5. The van der Waals surface area contributed by atoms with E-state index < -0.39 is 0 Å². The lowest BCUT2D eigenvalue weighted by Gasteiger charge is -2.18. The van der Waals surface area contributed by atoms with E-state index in [4.69, 9.17) is 11.6 Å². The fraction of sp³-hybridized carbons (Fsp3) is 0.150. The zero-order valence-corrected chi connectivity index (χ0v) is 15.7. The second kappa shape index (κ2) is 8.45. The summed E-state index contributed by atoms with van der Waals surface area (Å²) >= 11 is 7.58. The maximum Gasteiger partial charge on any atom is 0.238 e. The lowest BCUT2D eigenvalue weighted by molar-refractivity contribution is -0.115. The van der Waals surface area contributed by atoms with E-state index in [9.17, 15) is 9.18 Å². The minimum absolute atomic E-state index is 0.117. The predicted octanol–water partition coefficient (Wildman–Crippen LogP) is 5.17. The second-order valence-corrected chi connectivity index (χ2v) is 7.30. The highest BCUT2D eigenvalue weighted by Gasteiger charge is 2.16. The molecule has 0 aliphatic rings. The zero-order chi connectivity index (χ0) is 18.5. The van der Waals surface area contributed by atoms with E-state index in [1.54, 1.807) is 35.6 Å². The van der Waals surface area contributed by atoms with Gasteiger partial charge in [0.05, 0.1) is 12.6 Å². The highest BCUT2D eigenvalue weighted by molar-refractivity contribution is 7.10. The third kappa shape index (κ3) is 4.69. The second-order valence-electron chi connectivity index (χ2n) is 5.89. The molecule has 0 aliphatic carbocycles. The number of nitrogens with one attached hydrogen (secondary N) is 2. The molecule has 1 atom stereocenters. The summed E-state index contributed by atoms with van der Waals surface area (Å²) in [7, 11) is 0.